The zero-order chi connectivity index (χ0) is 13.4. The standard InChI is InChI=1S/C14H11BrClN3/c1-17-11-5-6-12-13(15)18-14(19(12)8-11)9-3-2-4-10(16)7-9/h2-8,17H,1H3. The van der Waals surface area contributed by atoms with Gasteiger partial charge in [-0.15, -0.1) is 0 Å². The number of hydrogen-bond donors (Lipinski definition) is 1. The molecule has 0 radical (unpaired) electrons. The fourth-order valence-electron chi connectivity index (χ4n) is 2.03. The quantitative estimate of drug-likeness (QED) is 0.748. The van der Waals surface area contributed by atoms with E-state index in [0.29, 0.717) is 5.02 Å². The van der Waals surface area contributed by atoms with Crippen LogP contribution in [0.3, 0.4) is 0 Å². The largest absolute Gasteiger partial charge is 0.387 e. The maximum absolute atomic E-state index is 6.05. The third kappa shape index (κ3) is 2.22. The number of imidazole rings is 1. The average molecular weight is 337 g/mol. The molecule has 3 aromatic rings. The molecule has 0 bridgehead atoms. The van der Waals surface area contributed by atoms with Crippen LogP contribution < -0.4 is 5.32 Å². The van der Waals surface area contributed by atoms with Gasteiger partial charge in [0.1, 0.15) is 10.4 Å². The van der Waals surface area contributed by atoms with Gasteiger partial charge in [-0.2, -0.15) is 0 Å². The van der Waals surface area contributed by atoms with Crippen LogP contribution in [0.4, 0.5) is 5.69 Å². The number of hydrogen-bond acceptors (Lipinski definition) is 2. The van der Waals surface area contributed by atoms with Gasteiger partial charge in [0.25, 0.3) is 0 Å². The molecule has 3 rings (SSSR count). The highest BCUT2D eigenvalue weighted by Crippen LogP contribution is 2.28. The summed E-state index contributed by atoms with van der Waals surface area (Å²) in [5.41, 5.74) is 3.04. The summed E-state index contributed by atoms with van der Waals surface area (Å²) in [6, 6.07) is 11.7. The van der Waals surface area contributed by atoms with Crippen LogP contribution in [0.5, 0.6) is 0 Å². The molecule has 0 unspecified atom stereocenters. The number of rotatable bonds is 2. The summed E-state index contributed by atoms with van der Waals surface area (Å²) in [5, 5.41) is 3.83. The minimum absolute atomic E-state index is 0.704. The van der Waals surface area contributed by atoms with E-state index in [1.54, 1.807) is 0 Å². The molecule has 2 heterocycles. The number of fused-ring (bicyclic) bond motifs is 1. The predicted molar refractivity (Wildman–Crippen MR) is 82.9 cm³/mol. The van der Waals surface area contributed by atoms with E-state index in [-0.39, 0.29) is 0 Å². The van der Waals surface area contributed by atoms with Crippen molar-refractivity contribution in [2.75, 3.05) is 12.4 Å². The van der Waals surface area contributed by atoms with Crippen molar-refractivity contribution in [2.24, 2.45) is 0 Å². The fourth-order valence-corrected chi connectivity index (χ4v) is 2.71. The number of halogens is 2. The van der Waals surface area contributed by atoms with Crippen LogP contribution in [0.1, 0.15) is 0 Å². The average Bonchev–Trinajstić information content (AvgIpc) is 2.75. The van der Waals surface area contributed by atoms with E-state index in [0.717, 1.165) is 27.2 Å². The summed E-state index contributed by atoms with van der Waals surface area (Å²) in [6.07, 6.45) is 2.02. The van der Waals surface area contributed by atoms with Gasteiger partial charge in [-0.3, -0.25) is 4.40 Å². The second kappa shape index (κ2) is 4.87. The first-order valence-electron chi connectivity index (χ1n) is 5.80. The molecule has 96 valence electrons. The van der Waals surface area contributed by atoms with Gasteiger partial charge < -0.3 is 5.32 Å². The lowest BCUT2D eigenvalue weighted by Gasteiger charge is -2.05. The SMILES string of the molecule is CNc1ccc2c(Br)nc(-c3cccc(Cl)c3)n2c1. The summed E-state index contributed by atoms with van der Waals surface area (Å²) < 4.78 is 2.87. The highest BCUT2D eigenvalue weighted by Gasteiger charge is 2.11. The molecule has 2 aromatic heterocycles. The van der Waals surface area contributed by atoms with E-state index < -0.39 is 0 Å². The van der Waals surface area contributed by atoms with E-state index in [4.69, 9.17) is 11.6 Å². The van der Waals surface area contributed by atoms with Crippen molar-refractivity contribution >= 4 is 38.7 Å². The van der Waals surface area contributed by atoms with Crippen molar-refractivity contribution in [1.29, 1.82) is 0 Å². The molecule has 19 heavy (non-hydrogen) atoms. The highest BCUT2D eigenvalue weighted by molar-refractivity contribution is 9.10. The van der Waals surface area contributed by atoms with Crippen LogP contribution in [0.25, 0.3) is 16.9 Å². The lowest BCUT2D eigenvalue weighted by atomic mass is 10.2. The molecule has 0 saturated carbocycles. The number of nitrogens with zero attached hydrogens (tertiary/aromatic N) is 2. The number of pyridine rings is 1. The summed E-state index contributed by atoms with van der Waals surface area (Å²) in [6.45, 7) is 0. The minimum Gasteiger partial charge on any atom is -0.387 e. The Bertz CT molecular complexity index is 752. The zero-order valence-corrected chi connectivity index (χ0v) is 12.5. The smallest absolute Gasteiger partial charge is 0.146 e. The Kier molecular flexibility index (Phi) is 3.21. The van der Waals surface area contributed by atoms with Gasteiger partial charge in [0.2, 0.25) is 0 Å². The van der Waals surface area contributed by atoms with Crippen molar-refractivity contribution in [3.8, 4) is 11.4 Å². The normalized spacial score (nSPS) is 10.9. The topological polar surface area (TPSA) is 29.3 Å². The Hall–Kier alpha value is -1.52. The van der Waals surface area contributed by atoms with Gasteiger partial charge in [-0.1, -0.05) is 23.7 Å². The number of anilines is 1. The number of nitrogens with one attached hydrogen (secondary N) is 1. The Balaban J connectivity index is 2.28. The van der Waals surface area contributed by atoms with Gasteiger partial charge in [0.15, 0.2) is 0 Å². The fraction of sp³-hybridized carbons (Fsp3) is 0.0714. The van der Waals surface area contributed by atoms with Crippen molar-refractivity contribution in [3.05, 3.63) is 52.2 Å². The molecule has 5 heteroatoms. The maximum atomic E-state index is 6.05. The Labute approximate surface area is 124 Å². The summed E-state index contributed by atoms with van der Waals surface area (Å²) >= 11 is 9.54. The van der Waals surface area contributed by atoms with Gasteiger partial charge in [-0.05, 0) is 40.2 Å². The van der Waals surface area contributed by atoms with Gasteiger partial charge in [-0.25, -0.2) is 4.98 Å². The molecular formula is C14H11BrClN3. The first-order chi connectivity index (χ1) is 9.19. The molecule has 0 fully saturated rings. The van der Waals surface area contributed by atoms with E-state index in [1.165, 1.54) is 0 Å². The lowest BCUT2D eigenvalue weighted by molar-refractivity contribution is 1.16. The molecule has 3 nitrogen and oxygen atoms in total. The molecular weight excluding hydrogens is 326 g/mol. The molecule has 1 N–H and O–H groups in total. The van der Waals surface area contributed by atoms with E-state index in [9.17, 15) is 0 Å². The van der Waals surface area contributed by atoms with E-state index in [2.05, 4.69) is 26.2 Å². The van der Waals surface area contributed by atoms with Gasteiger partial charge in [0, 0.05) is 23.8 Å². The van der Waals surface area contributed by atoms with Crippen molar-refractivity contribution in [3.63, 3.8) is 0 Å². The molecule has 0 atom stereocenters. The molecule has 0 amide bonds. The highest BCUT2D eigenvalue weighted by atomic mass is 79.9. The van der Waals surface area contributed by atoms with Crippen molar-refractivity contribution in [1.82, 2.24) is 9.38 Å². The number of aromatic nitrogens is 2. The van der Waals surface area contributed by atoms with Crippen LogP contribution in [0.2, 0.25) is 5.02 Å². The third-order valence-corrected chi connectivity index (χ3v) is 3.78. The van der Waals surface area contributed by atoms with Crippen LogP contribution in [0.15, 0.2) is 47.2 Å². The molecule has 0 aliphatic heterocycles. The Morgan fingerprint density at radius 1 is 1.26 bits per heavy atom. The van der Waals surface area contributed by atoms with Gasteiger partial charge in [0.05, 0.1) is 11.2 Å². The first kappa shape index (κ1) is 12.5. The van der Waals surface area contributed by atoms with E-state index in [1.807, 2.05) is 54.0 Å². The molecule has 0 aliphatic carbocycles. The molecule has 0 aliphatic rings. The maximum Gasteiger partial charge on any atom is 0.146 e. The lowest BCUT2D eigenvalue weighted by Crippen LogP contribution is -1.93. The minimum atomic E-state index is 0.704. The first-order valence-corrected chi connectivity index (χ1v) is 6.97. The second-order valence-corrected chi connectivity index (χ2v) is 5.35. The zero-order valence-electron chi connectivity index (χ0n) is 10.2. The molecule has 0 spiro atoms. The predicted octanol–water partition coefficient (Wildman–Crippen LogP) is 4.46. The monoisotopic (exact) mass is 335 g/mol. The summed E-state index contributed by atoms with van der Waals surface area (Å²) in [7, 11) is 1.90. The van der Waals surface area contributed by atoms with Crippen molar-refractivity contribution in [2.45, 2.75) is 0 Å². The van der Waals surface area contributed by atoms with Gasteiger partial charge >= 0.3 is 0 Å². The van der Waals surface area contributed by atoms with Crippen molar-refractivity contribution < 1.29 is 0 Å². The van der Waals surface area contributed by atoms with Crippen LogP contribution in [0, 0.1) is 0 Å². The third-order valence-electron chi connectivity index (χ3n) is 2.96. The second-order valence-electron chi connectivity index (χ2n) is 4.16. The van der Waals surface area contributed by atoms with Crippen LogP contribution in [-0.4, -0.2) is 16.4 Å². The van der Waals surface area contributed by atoms with E-state index >= 15 is 0 Å². The Morgan fingerprint density at radius 2 is 2.11 bits per heavy atom. The Morgan fingerprint density at radius 3 is 2.84 bits per heavy atom. The van der Waals surface area contributed by atoms with Crippen LogP contribution in [-0.2, 0) is 0 Å². The number of benzene rings is 1. The molecule has 0 saturated heterocycles. The van der Waals surface area contributed by atoms with Crippen LogP contribution >= 0.6 is 27.5 Å². The summed E-state index contributed by atoms with van der Waals surface area (Å²) in [5.74, 6) is 0.862. The summed E-state index contributed by atoms with van der Waals surface area (Å²) in [4.78, 5) is 4.57. The molecule has 1 aromatic carbocycles.